The van der Waals surface area contributed by atoms with Gasteiger partial charge in [0.1, 0.15) is 0 Å². The highest BCUT2D eigenvalue weighted by Gasteiger charge is 2.13. The van der Waals surface area contributed by atoms with Crippen molar-refractivity contribution in [3.05, 3.63) is 52.7 Å². The fourth-order valence-electron chi connectivity index (χ4n) is 1.79. The normalized spacial score (nSPS) is 10.9. The molecule has 0 N–H and O–H groups in total. The molecule has 0 spiro atoms. The Morgan fingerprint density at radius 2 is 2.00 bits per heavy atom. The zero-order valence-electron chi connectivity index (χ0n) is 10.8. The lowest BCUT2D eigenvalue weighted by Crippen LogP contribution is -1.94. The van der Waals surface area contributed by atoms with Gasteiger partial charge in [-0.25, -0.2) is 0 Å². The molecule has 0 bridgehead atoms. The van der Waals surface area contributed by atoms with Crippen molar-refractivity contribution in [2.24, 2.45) is 7.05 Å². The van der Waals surface area contributed by atoms with E-state index in [0.717, 1.165) is 27.0 Å². The van der Waals surface area contributed by atoms with Crippen LogP contribution in [0, 0.1) is 0 Å². The first-order chi connectivity index (χ1) is 9.74. The van der Waals surface area contributed by atoms with E-state index >= 15 is 0 Å². The highest BCUT2D eigenvalue weighted by molar-refractivity contribution is 9.10. The van der Waals surface area contributed by atoms with Crippen molar-refractivity contribution >= 4 is 27.7 Å². The van der Waals surface area contributed by atoms with Crippen LogP contribution in [-0.4, -0.2) is 14.8 Å². The molecule has 0 saturated heterocycles. The van der Waals surface area contributed by atoms with Gasteiger partial charge >= 0.3 is 0 Å². The van der Waals surface area contributed by atoms with Crippen LogP contribution in [0.15, 0.2) is 56.7 Å². The van der Waals surface area contributed by atoms with E-state index in [1.807, 2.05) is 35.9 Å². The molecular weight excluding hydrogens is 338 g/mol. The Morgan fingerprint density at radius 1 is 1.20 bits per heavy atom. The largest absolute Gasteiger partial charge is 0.461 e. The zero-order chi connectivity index (χ0) is 13.9. The van der Waals surface area contributed by atoms with Crippen molar-refractivity contribution < 1.29 is 4.42 Å². The van der Waals surface area contributed by atoms with E-state index in [2.05, 4.69) is 38.3 Å². The topological polar surface area (TPSA) is 43.9 Å². The molecule has 2 heterocycles. The molecule has 1 aromatic carbocycles. The summed E-state index contributed by atoms with van der Waals surface area (Å²) in [6.07, 6.45) is 1.64. The number of benzene rings is 1. The maximum absolute atomic E-state index is 5.35. The number of hydrogen-bond donors (Lipinski definition) is 0. The van der Waals surface area contributed by atoms with Gasteiger partial charge < -0.3 is 8.98 Å². The SMILES string of the molecule is Cn1c(SCc2ccc(Br)cc2)nnc1-c1ccco1. The quantitative estimate of drug-likeness (QED) is 0.664. The Labute approximate surface area is 129 Å². The Bertz CT molecular complexity index is 692. The first-order valence-corrected chi connectivity index (χ1v) is 7.82. The predicted molar refractivity (Wildman–Crippen MR) is 82.4 cm³/mol. The number of thioether (sulfide) groups is 1. The van der Waals surface area contributed by atoms with Crippen molar-refractivity contribution in [2.45, 2.75) is 10.9 Å². The van der Waals surface area contributed by atoms with Gasteiger partial charge in [0.15, 0.2) is 16.7 Å². The van der Waals surface area contributed by atoms with Crippen molar-refractivity contribution in [2.75, 3.05) is 0 Å². The zero-order valence-corrected chi connectivity index (χ0v) is 13.2. The summed E-state index contributed by atoms with van der Waals surface area (Å²) in [4.78, 5) is 0. The molecule has 0 aliphatic heterocycles. The first kappa shape index (κ1) is 13.5. The molecule has 3 aromatic rings. The fourth-order valence-corrected chi connectivity index (χ4v) is 2.92. The summed E-state index contributed by atoms with van der Waals surface area (Å²) in [5.74, 6) is 2.33. The molecule has 2 aromatic heterocycles. The lowest BCUT2D eigenvalue weighted by atomic mass is 10.2. The van der Waals surface area contributed by atoms with Crippen molar-refractivity contribution in [1.29, 1.82) is 0 Å². The van der Waals surface area contributed by atoms with Gasteiger partial charge in [0, 0.05) is 17.3 Å². The Kier molecular flexibility index (Phi) is 3.93. The highest BCUT2D eigenvalue weighted by atomic mass is 79.9. The first-order valence-electron chi connectivity index (χ1n) is 6.04. The van der Waals surface area contributed by atoms with E-state index in [1.54, 1.807) is 18.0 Å². The minimum absolute atomic E-state index is 0.732. The van der Waals surface area contributed by atoms with Gasteiger partial charge in [-0.1, -0.05) is 39.8 Å². The van der Waals surface area contributed by atoms with Gasteiger partial charge in [-0.05, 0) is 29.8 Å². The van der Waals surface area contributed by atoms with Crippen LogP contribution < -0.4 is 0 Å². The summed E-state index contributed by atoms with van der Waals surface area (Å²) in [5.41, 5.74) is 1.25. The molecule has 4 nitrogen and oxygen atoms in total. The smallest absolute Gasteiger partial charge is 0.200 e. The Hall–Kier alpha value is -1.53. The van der Waals surface area contributed by atoms with Crippen LogP contribution in [0.1, 0.15) is 5.56 Å². The van der Waals surface area contributed by atoms with Crippen LogP contribution in [0.5, 0.6) is 0 Å². The second-order valence-corrected chi connectivity index (χ2v) is 6.12. The molecule has 0 aliphatic rings. The molecule has 0 atom stereocenters. The predicted octanol–water partition coefficient (Wildman–Crippen LogP) is 4.13. The van der Waals surface area contributed by atoms with Crippen molar-refractivity contribution in [3.63, 3.8) is 0 Å². The third kappa shape index (κ3) is 2.81. The summed E-state index contributed by atoms with van der Waals surface area (Å²) >= 11 is 5.09. The van der Waals surface area contributed by atoms with Crippen molar-refractivity contribution in [1.82, 2.24) is 14.8 Å². The number of rotatable bonds is 4. The van der Waals surface area contributed by atoms with Crippen LogP contribution in [0.3, 0.4) is 0 Å². The summed E-state index contributed by atoms with van der Waals surface area (Å²) in [7, 11) is 1.95. The molecule has 6 heteroatoms. The summed E-state index contributed by atoms with van der Waals surface area (Å²) in [6, 6.07) is 12.0. The summed E-state index contributed by atoms with van der Waals surface area (Å²) < 4.78 is 8.39. The summed E-state index contributed by atoms with van der Waals surface area (Å²) in [6.45, 7) is 0. The second-order valence-electron chi connectivity index (χ2n) is 4.26. The van der Waals surface area contributed by atoms with Crippen molar-refractivity contribution in [3.8, 4) is 11.6 Å². The third-order valence-corrected chi connectivity index (χ3v) is 4.48. The second kappa shape index (κ2) is 5.85. The Balaban J connectivity index is 1.74. The van der Waals surface area contributed by atoms with E-state index < -0.39 is 0 Å². The number of aromatic nitrogens is 3. The Morgan fingerprint density at radius 3 is 2.70 bits per heavy atom. The molecule has 0 amide bonds. The number of halogens is 1. The molecule has 0 fully saturated rings. The van der Waals surface area contributed by atoms with Crippen LogP contribution in [0.25, 0.3) is 11.6 Å². The minimum atomic E-state index is 0.732. The van der Waals surface area contributed by atoms with E-state index in [-0.39, 0.29) is 0 Å². The van der Waals surface area contributed by atoms with Gasteiger partial charge in [0.05, 0.1) is 6.26 Å². The van der Waals surface area contributed by atoms with Crippen LogP contribution in [0.2, 0.25) is 0 Å². The van der Waals surface area contributed by atoms with Gasteiger partial charge in [0.25, 0.3) is 0 Å². The fraction of sp³-hybridized carbons (Fsp3) is 0.143. The van der Waals surface area contributed by atoms with Gasteiger partial charge in [-0.3, -0.25) is 0 Å². The molecule has 0 saturated carbocycles. The van der Waals surface area contributed by atoms with Gasteiger partial charge in [-0.2, -0.15) is 0 Å². The molecule has 3 rings (SSSR count). The molecule has 0 aliphatic carbocycles. The average Bonchev–Trinajstić information content (AvgIpc) is 3.08. The maximum atomic E-state index is 5.35. The van der Waals surface area contributed by atoms with Gasteiger partial charge in [-0.15, -0.1) is 10.2 Å². The number of nitrogens with zero attached hydrogens (tertiary/aromatic N) is 3. The monoisotopic (exact) mass is 349 g/mol. The lowest BCUT2D eigenvalue weighted by Gasteiger charge is -2.02. The lowest BCUT2D eigenvalue weighted by molar-refractivity contribution is 0.572. The highest BCUT2D eigenvalue weighted by Crippen LogP contribution is 2.25. The summed E-state index contributed by atoms with van der Waals surface area (Å²) in [5, 5.41) is 9.26. The third-order valence-electron chi connectivity index (χ3n) is 2.86. The maximum Gasteiger partial charge on any atom is 0.200 e. The van der Waals surface area contributed by atoms with Crippen LogP contribution in [-0.2, 0) is 12.8 Å². The van der Waals surface area contributed by atoms with Crippen LogP contribution >= 0.6 is 27.7 Å². The average molecular weight is 350 g/mol. The molecule has 0 radical (unpaired) electrons. The number of hydrogen-bond acceptors (Lipinski definition) is 4. The molecular formula is C14H12BrN3OS. The van der Waals surface area contributed by atoms with Crippen LogP contribution in [0.4, 0.5) is 0 Å². The standard InChI is InChI=1S/C14H12BrN3OS/c1-18-13(12-3-2-8-19-12)16-17-14(18)20-9-10-4-6-11(15)7-5-10/h2-8H,9H2,1H3. The molecule has 0 unspecified atom stereocenters. The van der Waals surface area contributed by atoms with E-state index in [4.69, 9.17) is 4.42 Å². The molecule has 20 heavy (non-hydrogen) atoms. The van der Waals surface area contributed by atoms with E-state index in [0.29, 0.717) is 0 Å². The number of furan rings is 1. The van der Waals surface area contributed by atoms with E-state index in [1.165, 1.54) is 5.56 Å². The van der Waals surface area contributed by atoms with Gasteiger partial charge in [0.2, 0.25) is 0 Å². The van der Waals surface area contributed by atoms with E-state index in [9.17, 15) is 0 Å². The molecule has 102 valence electrons. The minimum Gasteiger partial charge on any atom is -0.461 e.